The Morgan fingerprint density at radius 1 is 1.86 bits per heavy atom. The molecule has 42 valence electrons. The van der Waals surface area contributed by atoms with Gasteiger partial charge >= 0.3 is 0 Å². The summed E-state index contributed by atoms with van der Waals surface area (Å²) >= 11 is 0. The summed E-state index contributed by atoms with van der Waals surface area (Å²) in [6.45, 7) is 2.80. The van der Waals surface area contributed by atoms with Crippen LogP contribution in [0.4, 0.5) is 0 Å². The third kappa shape index (κ3) is 1.14. The second-order valence-corrected chi connectivity index (χ2v) is 1.89. The average Bonchev–Trinajstić information content (AvgIpc) is 2.22. The summed E-state index contributed by atoms with van der Waals surface area (Å²) in [6, 6.07) is 0.347. The molecular weight excluding hydrogens is 90.1 g/mol. The highest BCUT2D eigenvalue weighted by Gasteiger charge is 2.33. The van der Waals surface area contributed by atoms with Gasteiger partial charge in [0.1, 0.15) is 0 Å². The molecule has 7 heavy (non-hydrogen) atoms. The lowest BCUT2D eigenvalue weighted by Gasteiger charge is -1.92. The van der Waals surface area contributed by atoms with Crippen molar-refractivity contribution in [2.24, 2.45) is 5.73 Å². The van der Waals surface area contributed by atoms with Crippen LogP contribution in [-0.2, 0) is 4.74 Å². The van der Waals surface area contributed by atoms with E-state index in [-0.39, 0.29) is 0 Å². The highest BCUT2D eigenvalue weighted by atomic mass is 16.5. The van der Waals surface area contributed by atoms with Crippen molar-refractivity contribution in [3.8, 4) is 0 Å². The van der Waals surface area contributed by atoms with Crippen molar-refractivity contribution in [3.63, 3.8) is 0 Å². The van der Waals surface area contributed by atoms with Crippen LogP contribution in [0.1, 0.15) is 13.3 Å². The van der Waals surface area contributed by atoms with E-state index in [0.717, 1.165) is 13.0 Å². The summed E-state index contributed by atoms with van der Waals surface area (Å²) in [6.07, 6.45) is 1.46. The molecule has 0 aliphatic heterocycles. The molecule has 2 heteroatoms. The van der Waals surface area contributed by atoms with Gasteiger partial charge < -0.3 is 10.5 Å². The Labute approximate surface area is 43.6 Å². The molecule has 2 nitrogen and oxygen atoms in total. The molecule has 0 amide bonds. The summed E-state index contributed by atoms with van der Waals surface area (Å²) in [5.74, 6) is 0. The van der Waals surface area contributed by atoms with Crippen molar-refractivity contribution >= 4 is 0 Å². The van der Waals surface area contributed by atoms with Crippen LogP contribution in [0.2, 0.25) is 0 Å². The van der Waals surface area contributed by atoms with E-state index in [4.69, 9.17) is 10.5 Å². The maximum absolute atomic E-state index is 5.43. The van der Waals surface area contributed by atoms with Gasteiger partial charge in [0.2, 0.25) is 0 Å². The molecule has 2 atom stereocenters. The first kappa shape index (κ1) is 5.06. The molecule has 0 aromatic carbocycles. The summed E-state index contributed by atoms with van der Waals surface area (Å²) in [5.41, 5.74) is 5.43. The number of nitrogens with two attached hydrogens (primary N) is 1. The van der Waals surface area contributed by atoms with E-state index in [1.807, 2.05) is 6.92 Å². The van der Waals surface area contributed by atoms with Crippen LogP contribution in [0.15, 0.2) is 0 Å². The first-order valence-electron chi connectivity index (χ1n) is 2.71. The zero-order chi connectivity index (χ0) is 5.28. The summed E-state index contributed by atoms with van der Waals surface area (Å²) < 4.78 is 5.14. The van der Waals surface area contributed by atoms with Crippen molar-refractivity contribution < 1.29 is 4.74 Å². The van der Waals surface area contributed by atoms with Crippen LogP contribution in [-0.4, -0.2) is 18.8 Å². The van der Waals surface area contributed by atoms with Gasteiger partial charge in [0.05, 0.1) is 6.10 Å². The van der Waals surface area contributed by atoms with E-state index in [1.165, 1.54) is 0 Å². The lowest BCUT2D eigenvalue weighted by Crippen LogP contribution is -2.07. The van der Waals surface area contributed by atoms with Gasteiger partial charge in [0.25, 0.3) is 0 Å². The quantitative estimate of drug-likeness (QED) is 0.536. The fourth-order valence-electron chi connectivity index (χ4n) is 0.595. The van der Waals surface area contributed by atoms with Crippen molar-refractivity contribution in [1.82, 2.24) is 0 Å². The minimum atomic E-state index is 0.347. The molecule has 0 spiro atoms. The predicted octanol–water partition coefficient (Wildman–Crippen LogP) is 0.123. The molecule has 0 aromatic heterocycles. The number of hydrogen-bond donors (Lipinski definition) is 1. The lowest BCUT2D eigenvalue weighted by molar-refractivity contribution is 0.129. The molecule has 0 bridgehead atoms. The van der Waals surface area contributed by atoms with Crippen LogP contribution in [0, 0.1) is 0 Å². The second-order valence-electron chi connectivity index (χ2n) is 1.89. The Morgan fingerprint density at radius 3 is 2.57 bits per heavy atom. The van der Waals surface area contributed by atoms with E-state index in [1.54, 1.807) is 0 Å². The van der Waals surface area contributed by atoms with Gasteiger partial charge in [-0.15, -0.1) is 0 Å². The first-order valence-corrected chi connectivity index (χ1v) is 2.71. The minimum Gasteiger partial charge on any atom is -0.377 e. The molecule has 1 saturated carbocycles. The van der Waals surface area contributed by atoms with E-state index in [2.05, 4.69) is 0 Å². The van der Waals surface area contributed by atoms with Crippen LogP contribution < -0.4 is 5.73 Å². The van der Waals surface area contributed by atoms with Crippen LogP contribution in [0.3, 0.4) is 0 Å². The number of hydrogen-bond acceptors (Lipinski definition) is 2. The van der Waals surface area contributed by atoms with Gasteiger partial charge in [0.15, 0.2) is 0 Å². The molecule has 1 aliphatic rings. The Morgan fingerprint density at radius 2 is 2.43 bits per heavy atom. The molecule has 0 unspecified atom stereocenters. The summed E-state index contributed by atoms with van der Waals surface area (Å²) in [7, 11) is 0. The summed E-state index contributed by atoms with van der Waals surface area (Å²) in [4.78, 5) is 0. The van der Waals surface area contributed by atoms with Gasteiger partial charge in [0, 0.05) is 12.6 Å². The number of rotatable bonds is 2. The van der Waals surface area contributed by atoms with Gasteiger partial charge in [-0.05, 0) is 13.3 Å². The average molecular weight is 101 g/mol. The Balaban J connectivity index is 1.98. The van der Waals surface area contributed by atoms with E-state index < -0.39 is 0 Å². The van der Waals surface area contributed by atoms with E-state index in [0.29, 0.717) is 12.1 Å². The molecule has 1 rings (SSSR count). The molecule has 0 radical (unpaired) electrons. The fraction of sp³-hybridized carbons (Fsp3) is 1.00. The molecule has 2 N–H and O–H groups in total. The Bertz CT molecular complexity index is 65.1. The molecule has 1 aliphatic carbocycles. The molecule has 0 saturated heterocycles. The predicted molar refractivity (Wildman–Crippen MR) is 28.0 cm³/mol. The minimum absolute atomic E-state index is 0.347. The fourth-order valence-corrected chi connectivity index (χ4v) is 0.595. The van der Waals surface area contributed by atoms with Gasteiger partial charge in [-0.3, -0.25) is 0 Å². The monoisotopic (exact) mass is 101 g/mol. The molecule has 0 heterocycles. The molecular formula is C5H11NO. The third-order valence-electron chi connectivity index (χ3n) is 1.16. The largest absolute Gasteiger partial charge is 0.377 e. The number of ether oxygens (including phenoxy) is 1. The van der Waals surface area contributed by atoms with Gasteiger partial charge in [-0.2, -0.15) is 0 Å². The normalized spacial score (nSPS) is 38.6. The van der Waals surface area contributed by atoms with Crippen LogP contribution in [0.25, 0.3) is 0 Å². The zero-order valence-corrected chi connectivity index (χ0v) is 4.55. The molecule has 0 aromatic rings. The SMILES string of the molecule is CCO[C@H]1C[C@@H]1N. The maximum Gasteiger partial charge on any atom is 0.0742 e. The third-order valence-corrected chi connectivity index (χ3v) is 1.16. The first-order chi connectivity index (χ1) is 3.34. The lowest BCUT2D eigenvalue weighted by atomic mass is 10.7. The van der Waals surface area contributed by atoms with Crippen molar-refractivity contribution in [2.75, 3.05) is 6.61 Å². The molecule has 1 fully saturated rings. The standard InChI is InChI=1S/C5H11NO/c1-2-7-5-3-4(5)6/h4-5H,2-3,6H2,1H3/t4-,5-/m0/s1. The zero-order valence-electron chi connectivity index (χ0n) is 4.55. The highest BCUT2D eigenvalue weighted by molar-refractivity contribution is 4.91. The van der Waals surface area contributed by atoms with E-state index in [9.17, 15) is 0 Å². The van der Waals surface area contributed by atoms with Gasteiger partial charge in [-0.25, -0.2) is 0 Å². The van der Waals surface area contributed by atoms with Crippen molar-refractivity contribution in [2.45, 2.75) is 25.5 Å². The van der Waals surface area contributed by atoms with Crippen molar-refractivity contribution in [1.29, 1.82) is 0 Å². The Hall–Kier alpha value is -0.0800. The van der Waals surface area contributed by atoms with Gasteiger partial charge in [-0.1, -0.05) is 0 Å². The van der Waals surface area contributed by atoms with Crippen LogP contribution in [0.5, 0.6) is 0 Å². The Kier molecular flexibility index (Phi) is 1.30. The maximum atomic E-state index is 5.43. The van der Waals surface area contributed by atoms with Crippen molar-refractivity contribution in [3.05, 3.63) is 0 Å². The summed E-state index contributed by atoms with van der Waals surface area (Å²) in [5, 5.41) is 0. The van der Waals surface area contributed by atoms with Crippen LogP contribution >= 0.6 is 0 Å². The smallest absolute Gasteiger partial charge is 0.0742 e. The topological polar surface area (TPSA) is 35.2 Å². The highest BCUT2D eigenvalue weighted by Crippen LogP contribution is 2.21. The van der Waals surface area contributed by atoms with E-state index >= 15 is 0 Å². The second kappa shape index (κ2) is 1.80.